The second-order valence-electron chi connectivity index (χ2n) is 4.40. The standard InChI is InChI=1S/C13H14BrN3O3S/c14-9-1-3-10(4-2-9)16-11(18)5-15-12(19)6-17-8-21-7-13(17)20/h1-4H,5-8H2,(H,15,19)(H,16,18). The average Bonchev–Trinajstić information content (AvgIpc) is 2.85. The van der Waals surface area contributed by atoms with Crippen LogP contribution in [0.1, 0.15) is 0 Å². The highest BCUT2D eigenvalue weighted by Gasteiger charge is 2.22. The summed E-state index contributed by atoms with van der Waals surface area (Å²) in [6.07, 6.45) is 0. The second-order valence-corrected chi connectivity index (χ2v) is 6.27. The van der Waals surface area contributed by atoms with E-state index in [1.165, 1.54) is 16.7 Å². The van der Waals surface area contributed by atoms with Gasteiger partial charge >= 0.3 is 0 Å². The first-order chi connectivity index (χ1) is 10.0. The molecular formula is C13H14BrN3O3S. The molecule has 0 spiro atoms. The Morgan fingerprint density at radius 3 is 2.57 bits per heavy atom. The Labute approximate surface area is 134 Å². The van der Waals surface area contributed by atoms with Crippen molar-refractivity contribution in [3.05, 3.63) is 28.7 Å². The third-order valence-electron chi connectivity index (χ3n) is 2.73. The Balaban J connectivity index is 1.72. The third-order valence-corrected chi connectivity index (χ3v) is 4.21. The number of hydrogen-bond donors (Lipinski definition) is 2. The molecule has 0 bridgehead atoms. The van der Waals surface area contributed by atoms with Crippen LogP contribution in [0.25, 0.3) is 0 Å². The third kappa shape index (κ3) is 5.05. The number of thioether (sulfide) groups is 1. The molecule has 6 nitrogen and oxygen atoms in total. The lowest BCUT2D eigenvalue weighted by Gasteiger charge is -2.14. The van der Waals surface area contributed by atoms with Gasteiger partial charge in [-0.3, -0.25) is 14.4 Å². The quantitative estimate of drug-likeness (QED) is 0.810. The molecule has 0 aromatic heterocycles. The normalized spacial score (nSPS) is 14.1. The van der Waals surface area contributed by atoms with Crippen molar-refractivity contribution in [2.75, 3.05) is 30.0 Å². The first-order valence-corrected chi connectivity index (χ1v) is 8.17. The highest BCUT2D eigenvalue weighted by Crippen LogP contribution is 2.14. The number of carbonyl (C=O) groups is 3. The molecular weight excluding hydrogens is 358 g/mol. The fourth-order valence-corrected chi connectivity index (χ4v) is 2.86. The van der Waals surface area contributed by atoms with Gasteiger partial charge in [-0.1, -0.05) is 15.9 Å². The minimum atomic E-state index is -0.336. The van der Waals surface area contributed by atoms with Crippen LogP contribution in [-0.2, 0) is 14.4 Å². The molecule has 0 saturated carbocycles. The predicted octanol–water partition coefficient (Wildman–Crippen LogP) is 1.04. The maximum Gasteiger partial charge on any atom is 0.243 e. The van der Waals surface area contributed by atoms with Crippen LogP contribution in [0.2, 0.25) is 0 Å². The number of anilines is 1. The number of carbonyl (C=O) groups excluding carboxylic acids is 3. The first-order valence-electron chi connectivity index (χ1n) is 6.22. The highest BCUT2D eigenvalue weighted by molar-refractivity contribution is 9.10. The monoisotopic (exact) mass is 371 g/mol. The second kappa shape index (κ2) is 7.46. The van der Waals surface area contributed by atoms with Gasteiger partial charge in [0, 0.05) is 10.2 Å². The largest absolute Gasteiger partial charge is 0.345 e. The molecule has 1 saturated heterocycles. The number of hydrogen-bond acceptors (Lipinski definition) is 4. The van der Waals surface area contributed by atoms with Gasteiger partial charge in [-0.2, -0.15) is 0 Å². The van der Waals surface area contributed by atoms with Gasteiger partial charge < -0.3 is 15.5 Å². The maximum atomic E-state index is 11.7. The van der Waals surface area contributed by atoms with Gasteiger partial charge in [0.2, 0.25) is 17.7 Å². The van der Waals surface area contributed by atoms with Gasteiger partial charge in [0.05, 0.1) is 18.2 Å². The summed E-state index contributed by atoms with van der Waals surface area (Å²) in [4.78, 5) is 36.2. The summed E-state index contributed by atoms with van der Waals surface area (Å²) < 4.78 is 0.918. The number of rotatable bonds is 5. The number of benzene rings is 1. The first kappa shape index (κ1) is 15.8. The number of nitrogens with one attached hydrogen (secondary N) is 2. The molecule has 2 N–H and O–H groups in total. The van der Waals surface area contributed by atoms with Crippen LogP contribution in [0.4, 0.5) is 5.69 Å². The lowest BCUT2D eigenvalue weighted by atomic mass is 10.3. The van der Waals surface area contributed by atoms with Crippen LogP contribution in [0, 0.1) is 0 Å². The summed E-state index contributed by atoms with van der Waals surface area (Å²) in [5.41, 5.74) is 0.656. The van der Waals surface area contributed by atoms with Gasteiger partial charge in [-0.15, -0.1) is 11.8 Å². The molecule has 112 valence electrons. The molecule has 1 aliphatic rings. The van der Waals surface area contributed by atoms with E-state index in [9.17, 15) is 14.4 Å². The zero-order valence-electron chi connectivity index (χ0n) is 11.1. The van der Waals surface area contributed by atoms with Crippen molar-refractivity contribution in [3.63, 3.8) is 0 Å². The summed E-state index contributed by atoms with van der Waals surface area (Å²) in [5, 5.41) is 5.17. The van der Waals surface area contributed by atoms with Crippen molar-refractivity contribution in [2.24, 2.45) is 0 Å². The fourth-order valence-electron chi connectivity index (χ4n) is 1.69. The van der Waals surface area contributed by atoms with Crippen molar-refractivity contribution in [3.8, 4) is 0 Å². The van der Waals surface area contributed by atoms with E-state index in [0.29, 0.717) is 17.3 Å². The molecule has 1 heterocycles. The molecule has 2 rings (SSSR count). The summed E-state index contributed by atoms with van der Waals surface area (Å²) >= 11 is 4.78. The topological polar surface area (TPSA) is 78.5 Å². The van der Waals surface area contributed by atoms with E-state index >= 15 is 0 Å². The van der Waals surface area contributed by atoms with Gasteiger partial charge in [-0.05, 0) is 24.3 Å². The van der Waals surface area contributed by atoms with Crippen LogP contribution in [0.15, 0.2) is 28.7 Å². The van der Waals surface area contributed by atoms with E-state index in [-0.39, 0.29) is 30.8 Å². The molecule has 8 heteroatoms. The zero-order chi connectivity index (χ0) is 15.2. The number of nitrogens with zero attached hydrogens (tertiary/aromatic N) is 1. The number of amides is 3. The van der Waals surface area contributed by atoms with Crippen LogP contribution in [-0.4, -0.2) is 47.3 Å². The highest BCUT2D eigenvalue weighted by atomic mass is 79.9. The molecule has 0 aliphatic carbocycles. The summed E-state index contributed by atoms with van der Waals surface area (Å²) in [6.45, 7) is -0.124. The molecule has 0 radical (unpaired) electrons. The van der Waals surface area contributed by atoms with Crippen molar-refractivity contribution < 1.29 is 14.4 Å². The molecule has 1 aliphatic heterocycles. The summed E-state index contributed by atoms with van der Waals surface area (Å²) in [7, 11) is 0. The van der Waals surface area contributed by atoms with Crippen molar-refractivity contribution in [1.82, 2.24) is 10.2 Å². The zero-order valence-corrected chi connectivity index (χ0v) is 13.5. The van der Waals surface area contributed by atoms with Gasteiger partial charge in [0.15, 0.2) is 0 Å². The van der Waals surface area contributed by atoms with Crippen LogP contribution < -0.4 is 10.6 Å². The predicted molar refractivity (Wildman–Crippen MR) is 84.8 cm³/mol. The lowest BCUT2D eigenvalue weighted by Crippen LogP contribution is -2.41. The minimum absolute atomic E-state index is 0.00258. The van der Waals surface area contributed by atoms with E-state index in [2.05, 4.69) is 26.6 Å². The molecule has 1 aromatic carbocycles. The van der Waals surface area contributed by atoms with E-state index in [4.69, 9.17) is 0 Å². The Bertz CT molecular complexity index is 550. The van der Waals surface area contributed by atoms with Crippen LogP contribution in [0.3, 0.4) is 0 Å². The fraction of sp³-hybridized carbons (Fsp3) is 0.308. The van der Waals surface area contributed by atoms with Gasteiger partial charge in [0.1, 0.15) is 6.54 Å². The van der Waals surface area contributed by atoms with E-state index in [1.807, 2.05) is 12.1 Å². The summed E-state index contributed by atoms with van der Waals surface area (Å²) in [6, 6.07) is 7.13. The number of halogens is 1. The van der Waals surface area contributed by atoms with Gasteiger partial charge in [0.25, 0.3) is 0 Å². The maximum absolute atomic E-state index is 11.7. The van der Waals surface area contributed by atoms with Crippen molar-refractivity contribution in [2.45, 2.75) is 0 Å². The lowest BCUT2D eigenvalue weighted by molar-refractivity contribution is -0.132. The smallest absolute Gasteiger partial charge is 0.243 e. The van der Waals surface area contributed by atoms with E-state index in [0.717, 1.165) is 4.47 Å². The summed E-state index contributed by atoms with van der Waals surface area (Å²) in [5.74, 6) is 0.244. The van der Waals surface area contributed by atoms with Crippen LogP contribution >= 0.6 is 27.7 Å². The molecule has 21 heavy (non-hydrogen) atoms. The Morgan fingerprint density at radius 1 is 1.24 bits per heavy atom. The van der Waals surface area contributed by atoms with Crippen LogP contribution in [0.5, 0.6) is 0 Å². The van der Waals surface area contributed by atoms with Crippen molar-refractivity contribution in [1.29, 1.82) is 0 Å². The Morgan fingerprint density at radius 2 is 1.95 bits per heavy atom. The average molecular weight is 372 g/mol. The molecule has 3 amide bonds. The van der Waals surface area contributed by atoms with E-state index < -0.39 is 0 Å². The van der Waals surface area contributed by atoms with Crippen molar-refractivity contribution >= 4 is 51.1 Å². The minimum Gasteiger partial charge on any atom is -0.345 e. The molecule has 0 unspecified atom stereocenters. The SMILES string of the molecule is O=C(CN1CSCC1=O)NCC(=O)Nc1ccc(Br)cc1. The van der Waals surface area contributed by atoms with Gasteiger partial charge in [-0.25, -0.2) is 0 Å². The Hall–Kier alpha value is -1.54. The Kier molecular flexibility index (Phi) is 5.63. The van der Waals surface area contributed by atoms with E-state index in [1.54, 1.807) is 12.1 Å². The molecule has 0 atom stereocenters. The molecule has 1 fully saturated rings. The molecule has 1 aromatic rings.